The monoisotopic (exact) mass is 378 g/mol. The first-order valence-corrected chi connectivity index (χ1v) is 8.67. The summed E-state index contributed by atoms with van der Waals surface area (Å²) in [6.45, 7) is 0.443. The highest BCUT2D eigenvalue weighted by Gasteiger charge is 2.19. The number of rotatable bonds is 5. The van der Waals surface area contributed by atoms with Crippen molar-refractivity contribution in [3.8, 4) is 11.6 Å². The first-order chi connectivity index (χ1) is 13.2. The first kappa shape index (κ1) is 17.1. The van der Waals surface area contributed by atoms with E-state index in [1.165, 1.54) is 10.9 Å². The van der Waals surface area contributed by atoms with Gasteiger partial charge in [0.05, 0.1) is 6.26 Å². The Morgan fingerprint density at radius 1 is 1.07 bits per heavy atom. The van der Waals surface area contributed by atoms with Crippen LogP contribution < -0.4 is 5.32 Å². The molecule has 0 aliphatic carbocycles. The van der Waals surface area contributed by atoms with E-state index in [0.29, 0.717) is 34.7 Å². The van der Waals surface area contributed by atoms with Crippen LogP contribution in [0.2, 0.25) is 5.02 Å². The van der Waals surface area contributed by atoms with Gasteiger partial charge in [-0.1, -0.05) is 41.9 Å². The molecule has 27 heavy (non-hydrogen) atoms. The molecule has 0 aliphatic heterocycles. The summed E-state index contributed by atoms with van der Waals surface area (Å²) >= 11 is 6.03. The van der Waals surface area contributed by atoms with Crippen LogP contribution >= 0.6 is 11.6 Å². The van der Waals surface area contributed by atoms with Crippen molar-refractivity contribution in [3.63, 3.8) is 0 Å². The lowest BCUT2D eigenvalue weighted by atomic mass is 10.2. The molecule has 6 nitrogen and oxygen atoms in total. The van der Waals surface area contributed by atoms with Crippen molar-refractivity contribution in [2.45, 2.75) is 6.54 Å². The Kier molecular flexibility index (Phi) is 4.72. The van der Waals surface area contributed by atoms with Gasteiger partial charge in [0.1, 0.15) is 0 Å². The number of carbonyl (C=O) groups excluding carboxylic acids is 1. The average Bonchev–Trinajstić information content (AvgIpc) is 3.36. The molecule has 7 heteroatoms. The summed E-state index contributed by atoms with van der Waals surface area (Å²) < 4.78 is 6.60. The van der Waals surface area contributed by atoms with Crippen LogP contribution in [0.15, 0.2) is 77.4 Å². The third-order valence-electron chi connectivity index (χ3n) is 3.90. The second-order valence-electron chi connectivity index (χ2n) is 5.80. The van der Waals surface area contributed by atoms with Crippen LogP contribution in [-0.4, -0.2) is 20.7 Å². The number of anilines is 1. The van der Waals surface area contributed by atoms with E-state index in [2.05, 4.69) is 15.4 Å². The van der Waals surface area contributed by atoms with Gasteiger partial charge in [-0.25, -0.2) is 0 Å². The summed E-state index contributed by atoms with van der Waals surface area (Å²) in [5.41, 5.74) is 1.47. The van der Waals surface area contributed by atoms with Gasteiger partial charge in [0, 0.05) is 17.1 Å². The number of nitrogens with zero attached hydrogens (tertiary/aromatic N) is 3. The fraction of sp³-hybridized carbons (Fsp3) is 0.0500. The van der Waals surface area contributed by atoms with Crippen LogP contribution in [0.25, 0.3) is 11.6 Å². The molecule has 0 spiro atoms. The van der Waals surface area contributed by atoms with Gasteiger partial charge in [-0.05, 0) is 42.0 Å². The van der Waals surface area contributed by atoms with Crippen LogP contribution in [-0.2, 0) is 6.54 Å². The quantitative estimate of drug-likeness (QED) is 0.553. The lowest BCUT2D eigenvalue weighted by Crippen LogP contribution is -2.17. The first-order valence-electron chi connectivity index (χ1n) is 8.30. The van der Waals surface area contributed by atoms with E-state index in [-0.39, 0.29) is 5.91 Å². The van der Waals surface area contributed by atoms with Crippen LogP contribution in [0.1, 0.15) is 15.9 Å². The van der Waals surface area contributed by atoms with Crippen LogP contribution in [0.3, 0.4) is 0 Å². The number of aromatic nitrogens is 3. The summed E-state index contributed by atoms with van der Waals surface area (Å²) in [4.78, 5) is 17.3. The predicted octanol–water partition coefficient (Wildman–Crippen LogP) is 4.49. The summed E-state index contributed by atoms with van der Waals surface area (Å²) in [7, 11) is 0. The van der Waals surface area contributed by atoms with E-state index in [1.807, 2.05) is 30.3 Å². The minimum atomic E-state index is -0.283. The molecule has 2 aromatic carbocycles. The molecule has 1 N–H and O–H groups in total. The van der Waals surface area contributed by atoms with E-state index in [4.69, 9.17) is 16.0 Å². The second-order valence-corrected chi connectivity index (χ2v) is 6.24. The maximum Gasteiger partial charge on any atom is 0.281 e. The molecule has 0 unspecified atom stereocenters. The number of halogens is 1. The van der Waals surface area contributed by atoms with Crippen LogP contribution in [0, 0.1) is 0 Å². The lowest BCUT2D eigenvalue weighted by molar-refractivity contribution is 0.0947. The zero-order valence-corrected chi connectivity index (χ0v) is 14.9. The smallest absolute Gasteiger partial charge is 0.281 e. The molecule has 2 heterocycles. The molecule has 0 atom stereocenters. The molecular formula is C20H15ClN4O2. The van der Waals surface area contributed by atoms with Crippen molar-refractivity contribution in [3.05, 3.63) is 89.1 Å². The normalized spacial score (nSPS) is 10.7. The van der Waals surface area contributed by atoms with Crippen molar-refractivity contribution < 1.29 is 9.21 Å². The Labute approximate surface area is 160 Å². The number of benzene rings is 2. The fourth-order valence-corrected chi connectivity index (χ4v) is 2.82. The molecule has 4 rings (SSSR count). The Hall–Kier alpha value is -3.38. The Morgan fingerprint density at radius 2 is 1.93 bits per heavy atom. The summed E-state index contributed by atoms with van der Waals surface area (Å²) in [5, 5.41) is 8.14. The number of hydrogen-bond acceptors (Lipinski definition) is 5. The van der Waals surface area contributed by atoms with Gasteiger partial charge in [0.2, 0.25) is 11.8 Å². The third kappa shape index (κ3) is 3.75. The van der Waals surface area contributed by atoms with Gasteiger partial charge in [-0.2, -0.15) is 9.67 Å². The Bertz CT molecular complexity index is 1060. The molecule has 0 saturated carbocycles. The van der Waals surface area contributed by atoms with Gasteiger partial charge < -0.3 is 9.73 Å². The molecule has 0 fully saturated rings. The van der Waals surface area contributed by atoms with Crippen molar-refractivity contribution in [1.29, 1.82) is 0 Å². The highest BCUT2D eigenvalue weighted by atomic mass is 35.5. The fourth-order valence-electron chi connectivity index (χ4n) is 2.61. The highest BCUT2D eigenvalue weighted by molar-refractivity contribution is 6.30. The van der Waals surface area contributed by atoms with Gasteiger partial charge in [-0.15, -0.1) is 5.10 Å². The molecule has 2 aromatic heterocycles. The molecular weight excluding hydrogens is 364 g/mol. The standard InChI is InChI=1S/C20H15ClN4O2/c21-16-9-4-6-14(12-16)13-22-20-23-18(17-10-5-11-27-17)24-25(20)19(26)15-7-2-1-3-8-15/h1-12H,13H2,(H,22,23,24). The number of nitrogens with one attached hydrogen (secondary N) is 1. The highest BCUT2D eigenvalue weighted by Crippen LogP contribution is 2.20. The molecule has 4 aromatic rings. The van der Waals surface area contributed by atoms with E-state index in [0.717, 1.165) is 5.56 Å². The zero-order valence-electron chi connectivity index (χ0n) is 14.2. The minimum Gasteiger partial charge on any atom is -0.461 e. The maximum absolute atomic E-state index is 12.9. The SMILES string of the molecule is O=C(c1ccccc1)n1nc(-c2ccco2)nc1NCc1cccc(Cl)c1. The summed E-state index contributed by atoms with van der Waals surface area (Å²) in [6.07, 6.45) is 1.54. The van der Waals surface area contributed by atoms with Gasteiger partial charge in [0.15, 0.2) is 5.76 Å². The largest absolute Gasteiger partial charge is 0.461 e. The van der Waals surface area contributed by atoms with Gasteiger partial charge >= 0.3 is 0 Å². The van der Waals surface area contributed by atoms with E-state index in [9.17, 15) is 4.79 Å². The van der Waals surface area contributed by atoms with Gasteiger partial charge in [0.25, 0.3) is 5.91 Å². The molecule has 0 aliphatic rings. The van der Waals surface area contributed by atoms with E-state index in [1.54, 1.807) is 36.4 Å². The van der Waals surface area contributed by atoms with Crippen molar-refractivity contribution >= 4 is 23.5 Å². The number of furan rings is 1. The predicted molar refractivity (Wildman–Crippen MR) is 103 cm³/mol. The van der Waals surface area contributed by atoms with Crippen LogP contribution in [0.4, 0.5) is 5.95 Å². The maximum atomic E-state index is 12.9. The molecule has 0 bridgehead atoms. The van der Waals surface area contributed by atoms with Gasteiger partial charge in [-0.3, -0.25) is 4.79 Å². The lowest BCUT2D eigenvalue weighted by Gasteiger charge is -2.07. The number of hydrogen-bond donors (Lipinski definition) is 1. The average molecular weight is 379 g/mol. The van der Waals surface area contributed by atoms with Crippen molar-refractivity contribution in [2.75, 3.05) is 5.32 Å². The third-order valence-corrected chi connectivity index (χ3v) is 4.14. The van der Waals surface area contributed by atoms with E-state index < -0.39 is 0 Å². The van der Waals surface area contributed by atoms with Crippen molar-refractivity contribution in [2.24, 2.45) is 0 Å². The minimum absolute atomic E-state index is 0.283. The van der Waals surface area contributed by atoms with Crippen molar-refractivity contribution in [1.82, 2.24) is 14.8 Å². The Morgan fingerprint density at radius 3 is 2.67 bits per heavy atom. The topological polar surface area (TPSA) is 73.0 Å². The molecule has 0 radical (unpaired) electrons. The zero-order chi connectivity index (χ0) is 18.6. The summed E-state index contributed by atoms with van der Waals surface area (Å²) in [6, 6.07) is 19.9. The summed E-state index contributed by atoms with van der Waals surface area (Å²) in [5.74, 6) is 0.864. The van der Waals surface area contributed by atoms with Crippen LogP contribution in [0.5, 0.6) is 0 Å². The van der Waals surface area contributed by atoms with E-state index >= 15 is 0 Å². The second kappa shape index (κ2) is 7.47. The Balaban J connectivity index is 1.67. The molecule has 0 saturated heterocycles. The molecule has 134 valence electrons. The molecule has 0 amide bonds. The number of carbonyl (C=O) groups is 1.